The molecule has 1 heterocycles. The number of Topliss-reactive ketones (excluding diaryl/α,β-unsaturated/α-hetero) is 1. The van der Waals surface area contributed by atoms with Crippen LogP contribution in [0.25, 0.3) is 10.8 Å². The average Bonchev–Trinajstić information content (AvgIpc) is 3.05. The van der Waals surface area contributed by atoms with Crippen molar-refractivity contribution in [3.63, 3.8) is 0 Å². The summed E-state index contributed by atoms with van der Waals surface area (Å²) in [6.07, 6.45) is 5.80. The smallest absolute Gasteiger partial charge is 0.252 e. The van der Waals surface area contributed by atoms with Crippen molar-refractivity contribution in [2.75, 3.05) is 6.61 Å². The van der Waals surface area contributed by atoms with E-state index in [4.69, 9.17) is 4.74 Å². The Morgan fingerprint density at radius 2 is 1.81 bits per heavy atom. The van der Waals surface area contributed by atoms with Gasteiger partial charge in [-0.3, -0.25) is 14.4 Å². The second-order valence-corrected chi connectivity index (χ2v) is 9.36. The minimum absolute atomic E-state index is 0.00635. The van der Waals surface area contributed by atoms with Gasteiger partial charge >= 0.3 is 0 Å². The molecule has 1 saturated carbocycles. The predicted octanol–water partition coefficient (Wildman–Crippen LogP) is 3.77. The molecule has 6 heteroatoms. The van der Waals surface area contributed by atoms with E-state index in [1.54, 1.807) is 19.9 Å². The molecule has 170 valence electrons. The first-order valence-corrected chi connectivity index (χ1v) is 11.6. The third-order valence-corrected chi connectivity index (χ3v) is 7.19. The van der Waals surface area contributed by atoms with E-state index >= 15 is 0 Å². The normalized spacial score (nSPS) is 24.9. The number of rotatable bonds is 6. The van der Waals surface area contributed by atoms with Crippen LogP contribution in [0, 0.1) is 5.92 Å². The highest BCUT2D eigenvalue weighted by molar-refractivity contribution is 6.08. The van der Waals surface area contributed by atoms with Crippen LogP contribution in [0.2, 0.25) is 0 Å². The summed E-state index contributed by atoms with van der Waals surface area (Å²) < 4.78 is 5.46. The molecule has 2 fully saturated rings. The number of ether oxygens (including phenoxy) is 1. The molecular formula is C26H32N2O4. The first kappa shape index (κ1) is 22.5. The summed E-state index contributed by atoms with van der Waals surface area (Å²) >= 11 is 0. The van der Waals surface area contributed by atoms with Crippen molar-refractivity contribution in [1.29, 1.82) is 0 Å². The molecule has 2 amide bonds. The summed E-state index contributed by atoms with van der Waals surface area (Å²) in [5.41, 5.74) is -0.532. The molecule has 2 N–H and O–H groups in total. The monoisotopic (exact) mass is 436 g/mol. The second kappa shape index (κ2) is 9.41. The summed E-state index contributed by atoms with van der Waals surface area (Å²) in [5.74, 6) is -0.356. The minimum atomic E-state index is -1.08. The number of benzene rings is 2. The molecule has 2 aromatic carbocycles. The Hall–Kier alpha value is -2.73. The fourth-order valence-electron chi connectivity index (χ4n) is 4.91. The fraction of sp³-hybridized carbons (Fsp3) is 0.500. The molecule has 3 unspecified atom stereocenters. The summed E-state index contributed by atoms with van der Waals surface area (Å²) in [6, 6.07) is 12.6. The maximum Gasteiger partial charge on any atom is 0.252 e. The van der Waals surface area contributed by atoms with Gasteiger partial charge < -0.3 is 15.4 Å². The number of hydrogen-bond acceptors (Lipinski definition) is 4. The summed E-state index contributed by atoms with van der Waals surface area (Å²) in [5, 5.41) is 7.73. The first-order valence-electron chi connectivity index (χ1n) is 11.6. The van der Waals surface area contributed by atoms with Gasteiger partial charge in [0.25, 0.3) is 5.91 Å². The molecule has 0 spiro atoms. The Labute approximate surface area is 189 Å². The number of hydrogen-bond donors (Lipinski definition) is 2. The van der Waals surface area contributed by atoms with E-state index in [0.717, 1.165) is 36.5 Å². The molecule has 4 rings (SSSR count). The Morgan fingerprint density at radius 3 is 2.53 bits per heavy atom. The largest absolute Gasteiger partial charge is 0.368 e. The van der Waals surface area contributed by atoms with Crippen molar-refractivity contribution in [2.45, 2.75) is 70.1 Å². The molecule has 32 heavy (non-hydrogen) atoms. The quantitative estimate of drug-likeness (QED) is 0.722. The standard InChI is InChI=1S/C26H32N2O4/c1-17-26(2,23(29)16-32-17)28-25(31)22(15-18-9-4-3-5-10-18)27-24(30)21-14-8-12-19-11-6-7-13-20(19)21/h6-8,11-14,17-18,22H,3-5,9-10,15-16H2,1-2H3,(H,27,30)(H,28,31). The number of fused-ring (bicyclic) bond motifs is 1. The van der Waals surface area contributed by atoms with Crippen LogP contribution in [-0.4, -0.2) is 41.9 Å². The van der Waals surface area contributed by atoms with Gasteiger partial charge in [0.05, 0.1) is 6.10 Å². The van der Waals surface area contributed by atoms with Crippen LogP contribution >= 0.6 is 0 Å². The SMILES string of the molecule is CC1OCC(=O)C1(C)NC(=O)C(CC1CCCCC1)NC(=O)c1cccc2ccccc12. The first-order chi connectivity index (χ1) is 15.4. The topological polar surface area (TPSA) is 84.5 Å². The van der Waals surface area contributed by atoms with Crippen molar-refractivity contribution < 1.29 is 19.1 Å². The molecule has 0 aromatic heterocycles. The van der Waals surface area contributed by atoms with E-state index in [9.17, 15) is 14.4 Å². The summed E-state index contributed by atoms with van der Waals surface area (Å²) in [4.78, 5) is 39.1. The van der Waals surface area contributed by atoms with Gasteiger partial charge in [0.1, 0.15) is 18.2 Å². The van der Waals surface area contributed by atoms with Crippen LogP contribution in [0.1, 0.15) is 62.7 Å². The van der Waals surface area contributed by atoms with Gasteiger partial charge in [0.2, 0.25) is 5.91 Å². The number of ketones is 1. The van der Waals surface area contributed by atoms with Crippen molar-refractivity contribution in [2.24, 2.45) is 5.92 Å². The zero-order valence-electron chi connectivity index (χ0n) is 18.9. The van der Waals surface area contributed by atoms with E-state index in [0.29, 0.717) is 17.9 Å². The van der Waals surface area contributed by atoms with Crippen molar-refractivity contribution in [1.82, 2.24) is 10.6 Å². The number of nitrogens with one attached hydrogen (secondary N) is 2. The lowest BCUT2D eigenvalue weighted by atomic mass is 9.84. The van der Waals surface area contributed by atoms with E-state index in [2.05, 4.69) is 10.6 Å². The van der Waals surface area contributed by atoms with Crippen LogP contribution in [0.5, 0.6) is 0 Å². The Bertz CT molecular complexity index is 1010. The molecule has 6 nitrogen and oxygen atoms in total. The fourth-order valence-corrected chi connectivity index (χ4v) is 4.91. The van der Waals surface area contributed by atoms with Crippen molar-refractivity contribution in [3.8, 4) is 0 Å². The van der Waals surface area contributed by atoms with Gasteiger partial charge in [0, 0.05) is 5.56 Å². The lowest BCUT2D eigenvalue weighted by Crippen LogP contribution is -2.60. The minimum Gasteiger partial charge on any atom is -0.368 e. The highest BCUT2D eigenvalue weighted by Gasteiger charge is 2.47. The maximum atomic E-state index is 13.4. The zero-order valence-corrected chi connectivity index (χ0v) is 18.9. The molecule has 1 aliphatic heterocycles. The molecular weight excluding hydrogens is 404 g/mol. The van der Waals surface area contributed by atoms with Crippen LogP contribution in [-0.2, 0) is 14.3 Å². The van der Waals surface area contributed by atoms with Gasteiger partial charge in [-0.15, -0.1) is 0 Å². The van der Waals surface area contributed by atoms with Crippen LogP contribution < -0.4 is 10.6 Å². The molecule has 1 aliphatic carbocycles. The lowest BCUT2D eigenvalue weighted by Gasteiger charge is -2.31. The Kier molecular flexibility index (Phi) is 6.60. The molecule has 3 atom stereocenters. The van der Waals surface area contributed by atoms with E-state index < -0.39 is 17.7 Å². The Morgan fingerprint density at radius 1 is 1.09 bits per heavy atom. The van der Waals surface area contributed by atoms with Gasteiger partial charge in [0.15, 0.2) is 5.78 Å². The highest BCUT2D eigenvalue weighted by atomic mass is 16.5. The number of carbonyl (C=O) groups excluding carboxylic acids is 3. The summed E-state index contributed by atoms with van der Waals surface area (Å²) in [6.45, 7) is 3.48. The second-order valence-electron chi connectivity index (χ2n) is 9.36. The van der Waals surface area contributed by atoms with Gasteiger partial charge in [-0.05, 0) is 43.0 Å². The maximum absolute atomic E-state index is 13.4. The molecule has 2 aromatic rings. The van der Waals surface area contributed by atoms with E-state index in [-0.39, 0.29) is 24.2 Å². The van der Waals surface area contributed by atoms with Crippen LogP contribution in [0.4, 0.5) is 0 Å². The lowest BCUT2D eigenvalue weighted by molar-refractivity contribution is -0.131. The van der Waals surface area contributed by atoms with Crippen LogP contribution in [0.15, 0.2) is 42.5 Å². The van der Waals surface area contributed by atoms with Crippen molar-refractivity contribution >= 4 is 28.4 Å². The van der Waals surface area contributed by atoms with E-state index in [1.807, 2.05) is 36.4 Å². The Balaban J connectivity index is 1.56. The highest BCUT2D eigenvalue weighted by Crippen LogP contribution is 2.29. The number of amides is 2. The van der Waals surface area contributed by atoms with Crippen LogP contribution in [0.3, 0.4) is 0 Å². The molecule has 1 saturated heterocycles. The summed E-state index contributed by atoms with van der Waals surface area (Å²) in [7, 11) is 0. The van der Waals surface area contributed by atoms with Gasteiger partial charge in [-0.25, -0.2) is 0 Å². The number of carbonyl (C=O) groups is 3. The molecule has 0 bridgehead atoms. The van der Waals surface area contributed by atoms with Crippen molar-refractivity contribution in [3.05, 3.63) is 48.0 Å². The predicted molar refractivity (Wildman–Crippen MR) is 123 cm³/mol. The van der Waals surface area contributed by atoms with Gasteiger partial charge in [-0.1, -0.05) is 68.5 Å². The molecule has 2 aliphatic rings. The third kappa shape index (κ3) is 4.56. The molecule has 0 radical (unpaired) electrons. The zero-order chi connectivity index (χ0) is 22.7. The van der Waals surface area contributed by atoms with E-state index in [1.165, 1.54) is 6.42 Å². The van der Waals surface area contributed by atoms with Gasteiger partial charge in [-0.2, -0.15) is 0 Å². The average molecular weight is 437 g/mol. The third-order valence-electron chi connectivity index (χ3n) is 7.19.